The first-order valence-electron chi connectivity index (χ1n) is 14.3. The number of carbonyl (C=O) groups excluding carboxylic acids is 2. The maximum absolute atomic E-state index is 14.0. The molecule has 0 aromatic heterocycles. The van der Waals surface area contributed by atoms with Crippen LogP contribution in [0, 0.1) is 5.92 Å². The van der Waals surface area contributed by atoms with Crippen molar-refractivity contribution in [2.24, 2.45) is 5.92 Å². The number of likely N-dealkylation sites (tertiary alicyclic amines) is 1. The lowest BCUT2D eigenvalue weighted by molar-refractivity contribution is 0.0199. The number of methoxy groups -OCH3 is 2. The Morgan fingerprint density at radius 2 is 1.85 bits per heavy atom. The van der Waals surface area contributed by atoms with E-state index in [4.69, 9.17) is 23.7 Å². The van der Waals surface area contributed by atoms with Gasteiger partial charge in [-0.3, -0.25) is 4.79 Å². The zero-order chi connectivity index (χ0) is 29.8. The highest BCUT2D eigenvalue weighted by Crippen LogP contribution is 2.44. The number of carbonyl (C=O) groups is 2. The van der Waals surface area contributed by atoms with E-state index in [0.717, 1.165) is 17.7 Å². The summed E-state index contributed by atoms with van der Waals surface area (Å²) in [5.41, 5.74) is 0.354. The van der Waals surface area contributed by atoms with Gasteiger partial charge in [0.2, 0.25) is 0 Å². The molecule has 2 heterocycles. The molecule has 1 fully saturated rings. The molecule has 1 spiro atoms. The fourth-order valence-corrected chi connectivity index (χ4v) is 5.52. The van der Waals surface area contributed by atoms with Crippen molar-refractivity contribution in [1.82, 2.24) is 9.80 Å². The molecule has 2 amide bonds. The quantitative estimate of drug-likeness (QED) is 0.364. The number of benzene rings is 2. The second-order valence-electron chi connectivity index (χ2n) is 12.1. The van der Waals surface area contributed by atoms with Gasteiger partial charge in [-0.2, -0.15) is 0 Å². The first kappa shape index (κ1) is 30.5. The van der Waals surface area contributed by atoms with E-state index in [0.29, 0.717) is 56.3 Å². The van der Waals surface area contributed by atoms with Crippen molar-refractivity contribution in [3.05, 3.63) is 53.6 Å². The average molecular weight is 569 g/mol. The molecule has 4 rings (SSSR count). The summed E-state index contributed by atoms with van der Waals surface area (Å²) < 4.78 is 28.9. The number of fused-ring (bicyclic) bond motifs is 1. The van der Waals surface area contributed by atoms with Gasteiger partial charge in [-0.1, -0.05) is 18.2 Å². The summed E-state index contributed by atoms with van der Waals surface area (Å²) in [5.74, 6) is 1.66. The van der Waals surface area contributed by atoms with Gasteiger partial charge in [0.15, 0.2) is 11.5 Å². The normalized spacial score (nSPS) is 19.7. The van der Waals surface area contributed by atoms with Gasteiger partial charge >= 0.3 is 6.09 Å². The number of hydrogen-bond donors (Lipinski definition) is 0. The van der Waals surface area contributed by atoms with Gasteiger partial charge in [0.25, 0.3) is 5.91 Å². The van der Waals surface area contributed by atoms with Crippen LogP contribution >= 0.6 is 0 Å². The Morgan fingerprint density at radius 1 is 1.10 bits per heavy atom. The van der Waals surface area contributed by atoms with E-state index in [9.17, 15) is 9.59 Å². The summed E-state index contributed by atoms with van der Waals surface area (Å²) in [7, 11) is 3.23. The molecule has 2 atom stereocenters. The van der Waals surface area contributed by atoms with Crippen molar-refractivity contribution in [2.45, 2.75) is 64.7 Å². The molecule has 2 aliphatic heterocycles. The summed E-state index contributed by atoms with van der Waals surface area (Å²) in [5, 5.41) is 0. The predicted molar refractivity (Wildman–Crippen MR) is 156 cm³/mol. The Morgan fingerprint density at radius 3 is 2.51 bits per heavy atom. The molecule has 1 saturated heterocycles. The smallest absolute Gasteiger partial charge is 0.410 e. The van der Waals surface area contributed by atoms with E-state index in [1.54, 1.807) is 37.3 Å². The summed E-state index contributed by atoms with van der Waals surface area (Å²) in [6, 6.07) is 13.2. The van der Waals surface area contributed by atoms with Crippen molar-refractivity contribution in [3.8, 4) is 17.2 Å². The zero-order valence-corrected chi connectivity index (χ0v) is 25.4. The first-order valence-corrected chi connectivity index (χ1v) is 14.3. The molecule has 2 aliphatic rings. The monoisotopic (exact) mass is 568 g/mol. The van der Waals surface area contributed by atoms with E-state index in [-0.39, 0.29) is 24.0 Å². The highest BCUT2D eigenvalue weighted by molar-refractivity contribution is 5.95. The molecule has 9 heteroatoms. The number of nitrogens with zero attached hydrogens (tertiary/aromatic N) is 2. The molecule has 0 aliphatic carbocycles. The van der Waals surface area contributed by atoms with E-state index in [1.165, 1.54) is 0 Å². The minimum Gasteiger partial charge on any atom is -0.493 e. The molecule has 2 aromatic rings. The number of ether oxygens (including phenoxy) is 5. The van der Waals surface area contributed by atoms with Crippen LogP contribution in [0.2, 0.25) is 0 Å². The fraction of sp³-hybridized carbons (Fsp3) is 0.562. The lowest BCUT2D eigenvalue weighted by atomic mass is 9.86. The Kier molecular flexibility index (Phi) is 9.37. The maximum Gasteiger partial charge on any atom is 0.410 e. The summed E-state index contributed by atoms with van der Waals surface area (Å²) >= 11 is 0. The van der Waals surface area contributed by atoms with Crippen LogP contribution in [0.5, 0.6) is 17.2 Å². The van der Waals surface area contributed by atoms with E-state index >= 15 is 0 Å². The molecule has 0 saturated carbocycles. The lowest BCUT2D eigenvalue weighted by Crippen LogP contribution is -2.50. The second-order valence-corrected chi connectivity index (χ2v) is 12.1. The molecule has 41 heavy (non-hydrogen) atoms. The van der Waals surface area contributed by atoms with Gasteiger partial charge in [0.05, 0.1) is 20.3 Å². The molecule has 9 nitrogen and oxygen atoms in total. The Balaban J connectivity index is 1.59. The number of amides is 2. The van der Waals surface area contributed by atoms with Gasteiger partial charge in [-0.15, -0.1) is 0 Å². The van der Waals surface area contributed by atoms with Crippen LogP contribution in [0.1, 0.15) is 57.0 Å². The highest BCUT2D eigenvalue weighted by atomic mass is 16.6. The Labute approximate surface area is 243 Å². The third kappa shape index (κ3) is 7.07. The predicted octanol–water partition coefficient (Wildman–Crippen LogP) is 5.20. The van der Waals surface area contributed by atoms with Crippen LogP contribution in [0.3, 0.4) is 0 Å². The largest absolute Gasteiger partial charge is 0.493 e. The third-order valence-electron chi connectivity index (χ3n) is 7.53. The highest BCUT2D eigenvalue weighted by Gasteiger charge is 2.54. The van der Waals surface area contributed by atoms with Crippen LogP contribution in [-0.2, 0) is 15.9 Å². The second kappa shape index (κ2) is 12.6. The lowest BCUT2D eigenvalue weighted by Gasteiger charge is -2.35. The number of rotatable bonds is 10. The minimum atomic E-state index is -0.649. The van der Waals surface area contributed by atoms with Gasteiger partial charge in [0, 0.05) is 57.2 Å². The molecular weight excluding hydrogens is 524 g/mol. The van der Waals surface area contributed by atoms with Crippen LogP contribution in [0.25, 0.3) is 0 Å². The first-order chi connectivity index (χ1) is 19.5. The molecule has 0 radical (unpaired) electrons. The van der Waals surface area contributed by atoms with Crippen LogP contribution in [-0.4, -0.2) is 86.1 Å². The molecule has 2 aromatic carbocycles. The number of para-hydroxylation sites is 1. The van der Waals surface area contributed by atoms with E-state index in [1.807, 2.05) is 57.7 Å². The molecular formula is C32H44N2O7. The maximum atomic E-state index is 14.0. The summed E-state index contributed by atoms with van der Waals surface area (Å²) in [6.45, 7) is 11.8. The van der Waals surface area contributed by atoms with Crippen molar-refractivity contribution in [1.29, 1.82) is 0 Å². The number of hydrogen-bond acceptors (Lipinski definition) is 7. The van der Waals surface area contributed by atoms with Crippen LogP contribution in [0.4, 0.5) is 4.79 Å². The van der Waals surface area contributed by atoms with Crippen LogP contribution < -0.4 is 14.2 Å². The summed E-state index contributed by atoms with van der Waals surface area (Å²) in [4.78, 5) is 30.7. The fourth-order valence-electron chi connectivity index (χ4n) is 5.52. The molecule has 0 unspecified atom stereocenters. The van der Waals surface area contributed by atoms with Gasteiger partial charge < -0.3 is 33.5 Å². The third-order valence-corrected chi connectivity index (χ3v) is 7.53. The Hall–Kier alpha value is -3.46. The summed E-state index contributed by atoms with van der Waals surface area (Å²) in [6.07, 6.45) is 1.01. The standard InChI is InChI=1S/C32H44N2O7/c1-22(2)34(29(35)23-13-14-27(38-7)28(17-23)39-16-10-15-37-6)20-25-19-33(30(36)41-31(3,4)5)21-32(25)18-24-11-8-9-12-26(24)40-32/h8-9,11-14,17,22,25H,10,15-16,18-21H2,1-7H3/t25-,32-/m0/s1. The van der Waals surface area contributed by atoms with Gasteiger partial charge in [-0.05, 0) is 64.4 Å². The Bertz CT molecular complexity index is 1200. The SMILES string of the molecule is COCCCOc1cc(C(=O)N(C[C@@H]2CN(C(=O)OC(C)(C)C)C[C@@]23Cc2ccccc2O3)C(C)C)ccc1OC. The van der Waals surface area contributed by atoms with Crippen LogP contribution in [0.15, 0.2) is 42.5 Å². The van der Waals surface area contributed by atoms with Crippen molar-refractivity contribution < 1.29 is 33.3 Å². The minimum absolute atomic E-state index is 0.0907. The topological polar surface area (TPSA) is 86.8 Å². The van der Waals surface area contributed by atoms with Gasteiger partial charge in [-0.25, -0.2) is 4.79 Å². The van der Waals surface area contributed by atoms with Crippen molar-refractivity contribution in [3.63, 3.8) is 0 Å². The van der Waals surface area contributed by atoms with Crippen molar-refractivity contribution in [2.75, 3.05) is 47.1 Å². The zero-order valence-electron chi connectivity index (χ0n) is 25.4. The molecule has 0 bridgehead atoms. The van der Waals surface area contributed by atoms with Gasteiger partial charge in [0.1, 0.15) is 17.0 Å². The molecule has 0 N–H and O–H groups in total. The van der Waals surface area contributed by atoms with E-state index < -0.39 is 11.2 Å². The molecule has 224 valence electrons. The average Bonchev–Trinajstić information content (AvgIpc) is 3.47. The van der Waals surface area contributed by atoms with E-state index in [2.05, 4.69) is 6.07 Å². The van der Waals surface area contributed by atoms with Crippen molar-refractivity contribution >= 4 is 12.0 Å².